The van der Waals surface area contributed by atoms with E-state index < -0.39 is 11.9 Å². The molecule has 7 nitrogen and oxygen atoms in total. The molecule has 0 saturated heterocycles. The van der Waals surface area contributed by atoms with Gasteiger partial charge in [-0.1, -0.05) is 30.3 Å². The maximum Gasteiger partial charge on any atom is 0.342 e. The van der Waals surface area contributed by atoms with Crippen LogP contribution in [0.15, 0.2) is 48.5 Å². The monoisotopic (exact) mass is 354 g/mol. The van der Waals surface area contributed by atoms with Gasteiger partial charge in [0.25, 0.3) is 11.8 Å². The maximum atomic E-state index is 12.4. The van der Waals surface area contributed by atoms with E-state index >= 15 is 0 Å². The van der Waals surface area contributed by atoms with Crippen LogP contribution in [0.4, 0.5) is 5.69 Å². The van der Waals surface area contributed by atoms with Crippen LogP contribution in [0.1, 0.15) is 15.9 Å². The Kier molecular flexibility index (Phi) is 5.17. The van der Waals surface area contributed by atoms with Crippen molar-refractivity contribution in [3.63, 3.8) is 0 Å². The third-order valence-corrected chi connectivity index (χ3v) is 3.99. The van der Waals surface area contributed by atoms with Crippen molar-refractivity contribution in [1.82, 2.24) is 0 Å². The Balaban J connectivity index is 1.63. The van der Waals surface area contributed by atoms with E-state index in [2.05, 4.69) is 0 Å². The number of hydrogen-bond donors (Lipinski definition) is 1. The molecule has 2 N–H and O–H groups in total. The molecular weight excluding hydrogens is 336 g/mol. The van der Waals surface area contributed by atoms with Crippen molar-refractivity contribution < 1.29 is 23.9 Å². The molecule has 2 aromatic carbocycles. The summed E-state index contributed by atoms with van der Waals surface area (Å²) >= 11 is 0. The summed E-state index contributed by atoms with van der Waals surface area (Å²) < 4.78 is 10.3. The van der Waals surface area contributed by atoms with Gasteiger partial charge in [0.15, 0.2) is 13.2 Å². The summed E-state index contributed by atoms with van der Waals surface area (Å²) in [7, 11) is 0. The third kappa shape index (κ3) is 3.83. The topological polar surface area (TPSA) is 98.9 Å². The number of para-hydroxylation sites is 2. The zero-order chi connectivity index (χ0) is 18.5. The molecule has 26 heavy (non-hydrogen) atoms. The van der Waals surface area contributed by atoms with E-state index in [9.17, 15) is 14.4 Å². The quantitative estimate of drug-likeness (QED) is 0.788. The van der Waals surface area contributed by atoms with Crippen molar-refractivity contribution in [3.05, 3.63) is 59.7 Å². The fraction of sp³-hybridized carbons (Fsp3) is 0.211. The van der Waals surface area contributed by atoms with Gasteiger partial charge >= 0.3 is 5.97 Å². The van der Waals surface area contributed by atoms with E-state index in [4.69, 9.17) is 15.2 Å². The van der Waals surface area contributed by atoms with Crippen LogP contribution in [-0.2, 0) is 20.7 Å². The second-order valence-corrected chi connectivity index (χ2v) is 5.75. The second kappa shape index (κ2) is 7.69. The minimum absolute atomic E-state index is 0.128. The van der Waals surface area contributed by atoms with E-state index in [1.54, 1.807) is 17.0 Å². The first-order chi connectivity index (χ1) is 12.6. The number of primary amides is 1. The number of ether oxygens (including phenoxy) is 2. The molecule has 0 saturated carbocycles. The molecule has 1 heterocycles. The Morgan fingerprint density at radius 1 is 1.00 bits per heavy atom. The van der Waals surface area contributed by atoms with E-state index in [0.29, 0.717) is 6.54 Å². The molecule has 0 fully saturated rings. The number of nitrogens with two attached hydrogens (primary N) is 1. The summed E-state index contributed by atoms with van der Waals surface area (Å²) in [4.78, 5) is 37.1. The third-order valence-electron chi connectivity index (χ3n) is 3.99. The molecule has 0 aliphatic carbocycles. The van der Waals surface area contributed by atoms with Gasteiger partial charge in [0, 0.05) is 12.2 Å². The number of nitrogens with zero attached hydrogens (tertiary/aromatic N) is 1. The fourth-order valence-corrected chi connectivity index (χ4v) is 2.79. The molecule has 7 heteroatoms. The molecule has 0 radical (unpaired) electrons. The van der Waals surface area contributed by atoms with Crippen molar-refractivity contribution in [3.8, 4) is 5.75 Å². The van der Waals surface area contributed by atoms with Gasteiger partial charge in [0.2, 0.25) is 0 Å². The molecule has 3 rings (SSSR count). The molecule has 0 bridgehead atoms. The van der Waals surface area contributed by atoms with E-state index in [-0.39, 0.29) is 30.4 Å². The molecular formula is C19H18N2O5. The molecule has 0 spiro atoms. The Morgan fingerprint density at radius 3 is 2.54 bits per heavy atom. The number of amides is 2. The van der Waals surface area contributed by atoms with Crippen LogP contribution in [0.2, 0.25) is 0 Å². The molecule has 2 amide bonds. The van der Waals surface area contributed by atoms with Gasteiger partial charge in [-0.25, -0.2) is 4.79 Å². The van der Waals surface area contributed by atoms with Crippen molar-refractivity contribution in [1.29, 1.82) is 0 Å². The fourth-order valence-electron chi connectivity index (χ4n) is 2.79. The number of fused-ring (bicyclic) bond motifs is 1. The number of rotatable bonds is 6. The highest BCUT2D eigenvalue weighted by atomic mass is 16.5. The summed E-state index contributed by atoms with van der Waals surface area (Å²) in [6, 6.07) is 13.9. The average Bonchev–Trinajstić information content (AvgIpc) is 3.08. The zero-order valence-electron chi connectivity index (χ0n) is 14.0. The van der Waals surface area contributed by atoms with Crippen molar-refractivity contribution in [2.24, 2.45) is 5.73 Å². The van der Waals surface area contributed by atoms with Gasteiger partial charge in [0.1, 0.15) is 11.3 Å². The summed E-state index contributed by atoms with van der Waals surface area (Å²) in [5.74, 6) is -1.48. The molecule has 0 unspecified atom stereocenters. The first-order valence-corrected chi connectivity index (χ1v) is 8.12. The summed E-state index contributed by atoms with van der Waals surface area (Å²) in [6.45, 7) is -0.168. The Bertz CT molecular complexity index is 849. The van der Waals surface area contributed by atoms with E-state index in [0.717, 1.165) is 17.7 Å². The van der Waals surface area contributed by atoms with Crippen molar-refractivity contribution in [2.45, 2.75) is 6.42 Å². The Morgan fingerprint density at radius 2 is 1.73 bits per heavy atom. The number of hydrogen-bond acceptors (Lipinski definition) is 5. The highest BCUT2D eigenvalue weighted by molar-refractivity contribution is 5.99. The zero-order valence-corrected chi connectivity index (χ0v) is 14.0. The molecule has 1 aliphatic rings. The van der Waals surface area contributed by atoms with E-state index in [1.165, 1.54) is 12.1 Å². The lowest BCUT2D eigenvalue weighted by Gasteiger charge is -2.17. The summed E-state index contributed by atoms with van der Waals surface area (Å²) in [5, 5.41) is 0. The number of esters is 1. The van der Waals surface area contributed by atoms with Crippen LogP contribution in [0.25, 0.3) is 0 Å². The van der Waals surface area contributed by atoms with Gasteiger partial charge < -0.3 is 20.1 Å². The van der Waals surface area contributed by atoms with Crippen molar-refractivity contribution >= 4 is 23.5 Å². The SMILES string of the molecule is NC(=O)COc1ccccc1C(=O)OCC(=O)N1CCc2ccccc21. The summed E-state index contributed by atoms with van der Waals surface area (Å²) in [6.07, 6.45) is 0.777. The van der Waals surface area contributed by atoms with Gasteiger partial charge in [-0.3, -0.25) is 9.59 Å². The number of anilines is 1. The van der Waals surface area contributed by atoms with E-state index in [1.807, 2.05) is 24.3 Å². The highest BCUT2D eigenvalue weighted by Gasteiger charge is 2.25. The Hall–Kier alpha value is -3.35. The van der Waals surface area contributed by atoms with Crippen LogP contribution in [-0.4, -0.2) is 37.5 Å². The largest absolute Gasteiger partial charge is 0.483 e. The Labute approximate surface area is 150 Å². The normalized spacial score (nSPS) is 12.4. The van der Waals surface area contributed by atoms with Crippen LogP contribution in [0.3, 0.4) is 0 Å². The predicted molar refractivity (Wildman–Crippen MR) is 93.9 cm³/mol. The number of benzene rings is 2. The van der Waals surface area contributed by atoms with Gasteiger partial charge in [-0.2, -0.15) is 0 Å². The lowest BCUT2D eigenvalue weighted by atomic mass is 10.2. The van der Waals surface area contributed by atoms with Crippen LogP contribution in [0.5, 0.6) is 5.75 Å². The first kappa shape index (κ1) is 17.5. The van der Waals surface area contributed by atoms with Gasteiger partial charge in [-0.05, 0) is 30.2 Å². The minimum Gasteiger partial charge on any atom is -0.483 e. The van der Waals surface area contributed by atoms with Crippen molar-refractivity contribution in [2.75, 3.05) is 24.7 Å². The van der Waals surface area contributed by atoms with Crippen LogP contribution in [0, 0.1) is 0 Å². The van der Waals surface area contributed by atoms with Crippen LogP contribution < -0.4 is 15.4 Å². The number of carbonyl (C=O) groups is 3. The van der Waals surface area contributed by atoms with Crippen LogP contribution >= 0.6 is 0 Å². The van der Waals surface area contributed by atoms with Gasteiger partial charge in [0.05, 0.1) is 0 Å². The molecule has 134 valence electrons. The lowest BCUT2D eigenvalue weighted by molar-refractivity contribution is -0.121. The predicted octanol–water partition coefficient (Wildman–Crippen LogP) is 1.30. The highest BCUT2D eigenvalue weighted by Crippen LogP contribution is 2.27. The smallest absolute Gasteiger partial charge is 0.342 e. The standard InChI is InChI=1S/C19H18N2O5/c20-17(22)11-25-16-8-4-2-6-14(16)19(24)26-12-18(23)21-10-9-13-5-1-3-7-15(13)21/h1-8H,9-12H2,(H2,20,22). The molecule has 0 atom stereocenters. The molecule has 1 aliphatic heterocycles. The van der Waals surface area contributed by atoms with Gasteiger partial charge in [-0.15, -0.1) is 0 Å². The lowest BCUT2D eigenvalue weighted by Crippen LogP contribution is -2.33. The maximum absolute atomic E-state index is 12.4. The average molecular weight is 354 g/mol. The number of carbonyl (C=O) groups excluding carboxylic acids is 3. The minimum atomic E-state index is -0.703. The molecule has 2 aromatic rings. The second-order valence-electron chi connectivity index (χ2n) is 5.75. The molecule has 0 aromatic heterocycles. The first-order valence-electron chi connectivity index (χ1n) is 8.12. The summed E-state index contributed by atoms with van der Waals surface area (Å²) in [5.41, 5.74) is 7.11.